The summed E-state index contributed by atoms with van der Waals surface area (Å²) >= 11 is 0. The van der Waals surface area contributed by atoms with E-state index < -0.39 is 35.7 Å². The summed E-state index contributed by atoms with van der Waals surface area (Å²) in [6, 6.07) is 0. The minimum Gasteiger partial charge on any atom is -0.481 e. The van der Waals surface area contributed by atoms with Gasteiger partial charge < -0.3 is 14.9 Å². The number of rotatable bonds is 14. The van der Waals surface area contributed by atoms with Crippen LogP contribution in [0.5, 0.6) is 0 Å². The largest absolute Gasteiger partial charge is 0.481 e. The molecule has 6 heteroatoms. The van der Waals surface area contributed by atoms with Gasteiger partial charge in [0.25, 0.3) is 0 Å². The first-order chi connectivity index (χ1) is 13.0. The van der Waals surface area contributed by atoms with Crippen LogP contribution in [0.25, 0.3) is 0 Å². The minimum absolute atomic E-state index is 0.0902. The van der Waals surface area contributed by atoms with Gasteiger partial charge in [-0.1, -0.05) is 64.7 Å². The monoisotopic (exact) mass is 384 g/mol. The summed E-state index contributed by atoms with van der Waals surface area (Å²) in [4.78, 5) is 34.6. The fourth-order valence-electron chi connectivity index (χ4n) is 3.79. The molecular weight excluding hydrogens is 348 g/mol. The molecule has 6 nitrogen and oxygen atoms in total. The molecule has 0 aromatic rings. The van der Waals surface area contributed by atoms with Crippen LogP contribution in [0.4, 0.5) is 0 Å². The topological polar surface area (TPSA) is 101 Å². The number of hydrogen-bond acceptors (Lipinski definition) is 4. The Balaban J connectivity index is 2.15. The Morgan fingerprint density at radius 3 is 1.56 bits per heavy atom. The fraction of sp³-hybridized carbons (Fsp3) is 0.857. The number of aliphatic carboxylic acids is 2. The highest BCUT2D eigenvalue weighted by atomic mass is 16.5. The van der Waals surface area contributed by atoms with Crippen LogP contribution in [0.15, 0.2) is 0 Å². The Bertz CT molecular complexity index is 440. The number of ether oxygens (including phenoxy) is 1. The third kappa shape index (κ3) is 9.78. The van der Waals surface area contributed by atoms with E-state index in [-0.39, 0.29) is 19.3 Å². The Morgan fingerprint density at radius 1 is 0.704 bits per heavy atom. The molecule has 0 aromatic heterocycles. The molecule has 2 unspecified atom stereocenters. The fourth-order valence-corrected chi connectivity index (χ4v) is 3.79. The van der Waals surface area contributed by atoms with Crippen molar-refractivity contribution in [3.63, 3.8) is 0 Å². The number of unbranched alkanes of at least 4 members (excludes halogenated alkanes) is 9. The van der Waals surface area contributed by atoms with Gasteiger partial charge in [0.05, 0.1) is 24.4 Å². The van der Waals surface area contributed by atoms with Crippen molar-refractivity contribution < 1.29 is 29.3 Å². The van der Waals surface area contributed by atoms with Crippen LogP contribution >= 0.6 is 0 Å². The summed E-state index contributed by atoms with van der Waals surface area (Å²) in [5.74, 6) is -4.70. The molecule has 2 N–H and O–H groups in total. The zero-order valence-electron chi connectivity index (χ0n) is 16.7. The molecule has 1 aliphatic rings. The summed E-state index contributed by atoms with van der Waals surface area (Å²) in [7, 11) is 0. The van der Waals surface area contributed by atoms with Gasteiger partial charge in [-0.3, -0.25) is 14.4 Å². The van der Waals surface area contributed by atoms with Crippen molar-refractivity contribution in [2.24, 2.45) is 17.8 Å². The number of hydrogen-bond donors (Lipinski definition) is 2. The van der Waals surface area contributed by atoms with Gasteiger partial charge in [-0.05, 0) is 25.7 Å². The number of esters is 1. The van der Waals surface area contributed by atoms with Crippen molar-refractivity contribution in [3.05, 3.63) is 0 Å². The Labute approximate surface area is 162 Å². The van der Waals surface area contributed by atoms with Crippen molar-refractivity contribution in [1.29, 1.82) is 0 Å². The molecule has 156 valence electrons. The lowest BCUT2D eigenvalue weighted by Gasteiger charge is -2.29. The standard InChI is InChI=1S/C21H36O6/c1-2-3-4-5-6-7-8-9-10-11-12-27-21(26)18-14-16(19(22)23)13-17(15-18)20(24)25/h16-18H,2-15H2,1H3,(H,22,23)(H,24,25). The van der Waals surface area contributed by atoms with Crippen LogP contribution in [0.2, 0.25) is 0 Å². The highest BCUT2D eigenvalue weighted by Gasteiger charge is 2.39. The summed E-state index contributed by atoms with van der Waals surface area (Å²) in [5.41, 5.74) is 0. The molecule has 0 spiro atoms. The second-order valence-electron chi connectivity index (χ2n) is 7.82. The molecule has 1 rings (SSSR count). The second kappa shape index (κ2) is 13.6. The number of carboxylic acids is 2. The lowest BCUT2D eigenvalue weighted by Crippen LogP contribution is -2.35. The van der Waals surface area contributed by atoms with Crippen molar-refractivity contribution in [1.82, 2.24) is 0 Å². The summed E-state index contributed by atoms with van der Waals surface area (Å²) < 4.78 is 5.28. The van der Waals surface area contributed by atoms with Gasteiger partial charge in [0.15, 0.2) is 0 Å². The molecular formula is C21H36O6. The van der Waals surface area contributed by atoms with Crippen molar-refractivity contribution >= 4 is 17.9 Å². The SMILES string of the molecule is CCCCCCCCCCCCOC(=O)C1CC(C(=O)O)CC(C(=O)O)C1. The van der Waals surface area contributed by atoms with E-state index in [1.807, 2.05) is 0 Å². The van der Waals surface area contributed by atoms with Crippen molar-refractivity contribution in [3.8, 4) is 0 Å². The number of carbonyl (C=O) groups is 3. The van der Waals surface area contributed by atoms with E-state index in [0.717, 1.165) is 19.3 Å². The van der Waals surface area contributed by atoms with E-state index in [1.165, 1.54) is 44.9 Å². The third-order valence-corrected chi connectivity index (χ3v) is 5.48. The van der Waals surface area contributed by atoms with Gasteiger partial charge in [-0.15, -0.1) is 0 Å². The first kappa shape index (κ1) is 23.4. The highest BCUT2D eigenvalue weighted by molar-refractivity contribution is 5.79. The van der Waals surface area contributed by atoms with Gasteiger partial charge >= 0.3 is 17.9 Å². The molecule has 0 amide bonds. The van der Waals surface area contributed by atoms with E-state index in [1.54, 1.807) is 0 Å². The lowest BCUT2D eigenvalue weighted by molar-refractivity contribution is -0.156. The van der Waals surface area contributed by atoms with Gasteiger partial charge in [0.2, 0.25) is 0 Å². The maximum atomic E-state index is 12.2. The first-order valence-electron chi connectivity index (χ1n) is 10.6. The maximum absolute atomic E-state index is 12.2. The van der Waals surface area contributed by atoms with Crippen molar-refractivity contribution in [2.75, 3.05) is 6.61 Å². The maximum Gasteiger partial charge on any atom is 0.308 e. The van der Waals surface area contributed by atoms with Gasteiger partial charge in [0, 0.05) is 0 Å². The van der Waals surface area contributed by atoms with Crippen LogP contribution in [-0.2, 0) is 19.1 Å². The van der Waals surface area contributed by atoms with Crippen molar-refractivity contribution in [2.45, 2.75) is 90.4 Å². The summed E-state index contributed by atoms with van der Waals surface area (Å²) in [6.07, 6.45) is 12.4. The van der Waals surface area contributed by atoms with E-state index >= 15 is 0 Å². The summed E-state index contributed by atoms with van der Waals surface area (Å²) in [5, 5.41) is 18.3. The summed E-state index contributed by atoms with van der Waals surface area (Å²) in [6.45, 7) is 2.55. The Kier molecular flexibility index (Phi) is 11.8. The molecule has 0 saturated heterocycles. The predicted molar refractivity (Wildman–Crippen MR) is 102 cm³/mol. The second-order valence-corrected chi connectivity index (χ2v) is 7.82. The van der Waals surface area contributed by atoms with Crippen LogP contribution in [0.1, 0.15) is 90.4 Å². The van der Waals surface area contributed by atoms with E-state index in [9.17, 15) is 14.4 Å². The normalized spacial score (nSPS) is 22.3. The van der Waals surface area contributed by atoms with Crippen LogP contribution in [-0.4, -0.2) is 34.7 Å². The number of carboxylic acid groups (broad SMARTS) is 2. The van der Waals surface area contributed by atoms with Gasteiger partial charge in [-0.2, -0.15) is 0 Å². The molecule has 1 saturated carbocycles. The van der Waals surface area contributed by atoms with Crippen LogP contribution in [0, 0.1) is 17.8 Å². The highest BCUT2D eigenvalue weighted by Crippen LogP contribution is 2.34. The molecule has 1 aliphatic carbocycles. The molecule has 1 fully saturated rings. The molecule has 0 aromatic carbocycles. The molecule has 0 aliphatic heterocycles. The van der Waals surface area contributed by atoms with Gasteiger partial charge in [-0.25, -0.2) is 0 Å². The molecule has 2 atom stereocenters. The quantitative estimate of drug-likeness (QED) is 0.334. The molecule has 0 heterocycles. The predicted octanol–water partition coefficient (Wildman–Crippen LogP) is 4.65. The first-order valence-corrected chi connectivity index (χ1v) is 10.6. The smallest absolute Gasteiger partial charge is 0.308 e. The zero-order chi connectivity index (χ0) is 20.1. The van der Waals surface area contributed by atoms with Crippen LogP contribution < -0.4 is 0 Å². The van der Waals surface area contributed by atoms with E-state index in [0.29, 0.717) is 6.61 Å². The zero-order valence-corrected chi connectivity index (χ0v) is 16.7. The average Bonchev–Trinajstić information content (AvgIpc) is 2.65. The molecule has 0 bridgehead atoms. The van der Waals surface area contributed by atoms with Crippen LogP contribution in [0.3, 0.4) is 0 Å². The Morgan fingerprint density at radius 2 is 1.11 bits per heavy atom. The lowest BCUT2D eigenvalue weighted by atomic mass is 9.75. The third-order valence-electron chi connectivity index (χ3n) is 5.48. The van der Waals surface area contributed by atoms with Gasteiger partial charge in [0.1, 0.15) is 0 Å². The van der Waals surface area contributed by atoms with E-state index in [4.69, 9.17) is 14.9 Å². The van der Waals surface area contributed by atoms with E-state index in [2.05, 4.69) is 6.92 Å². The molecule has 0 radical (unpaired) electrons. The molecule has 27 heavy (non-hydrogen) atoms. The average molecular weight is 385 g/mol. The Hall–Kier alpha value is -1.59. The number of carbonyl (C=O) groups excluding carboxylic acids is 1. The minimum atomic E-state index is -1.03.